The van der Waals surface area contributed by atoms with Gasteiger partial charge in [0.2, 0.25) is 5.17 Å². The number of hydrazone groups is 1. The highest BCUT2D eigenvalue weighted by Crippen LogP contribution is 2.38. The first-order valence-electron chi connectivity index (χ1n) is 12.3. The Morgan fingerprint density at radius 3 is 2.55 bits per heavy atom. The first kappa shape index (κ1) is 27.7. The summed E-state index contributed by atoms with van der Waals surface area (Å²) in [5.41, 5.74) is 1.77. The van der Waals surface area contributed by atoms with Crippen LogP contribution in [-0.2, 0) is 9.53 Å². The van der Waals surface area contributed by atoms with Crippen molar-refractivity contribution >= 4 is 51.4 Å². The van der Waals surface area contributed by atoms with Crippen molar-refractivity contribution in [1.29, 1.82) is 5.41 Å². The number of carbonyl (C=O) groups is 1. The highest BCUT2D eigenvalue weighted by molar-refractivity contribution is 8.26. The lowest BCUT2D eigenvalue weighted by Crippen LogP contribution is -2.35. The van der Waals surface area contributed by atoms with Crippen LogP contribution in [0.2, 0.25) is 5.02 Å². The Balaban J connectivity index is 1.37. The molecule has 2 heterocycles. The van der Waals surface area contributed by atoms with Crippen molar-refractivity contribution in [2.75, 3.05) is 33.0 Å². The molecule has 0 atom stereocenters. The fourth-order valence-electron chi connectivity index (χ4n) is 3.65. The number of para-hydroxylation sites is 1. The van der Waals surface area contributed by atoms with Gasteiger partial charge in [0.05, 0.1) is 30.4 Å². The molecular formula is C27H29ClN4O5S. The first-order valence-corrected chi connectivity index (χ1v) is 13.4. The van der Waals surface area contributed by atoms with Crippen LogP contribution >= 0.6 is 23.4 Å². The first-order chi connectivity index (χ1) is 18.4. The van der Waals surface area contributed by atoms with E-state index >= 15 is 0 Å². The number of carbonyl (C=O) groups excluding carboxylic acids is 1. The van der Waals surface area contributed by atoms with E-state index in [1.807, 2.05) is 45.0 Å². The second-order valence-electron chi connectivity index (χ2n) is 8.21. The van der Waals surface area contributed by atoms with Gasteiger partial charge in [-0.1, -0.05) is 36.7 Å². The van der Waals surface area contributed by atoms with Crippen LogP contribution in [0.5, 0.6) is 17.2 Å². The van der Waals surface area contributed by atoms with Crippen LogP contribution in [0.4, 0.5) is 0 Å². The van der Waals surface area contributed by atoms with Crippen molar-refractivity contribution in [3.8, 4) is 17.2 Å². The molecule has 0 aliphatic carbocycles. The summed E-state index contributed by atoms with van der Waals surface area (Å²) in [6.07, 6.45) is 2.26. The zero-order valence-electron chi connectivity index (χ0n) is 21.5. The smallest absolute Gasteiger partial charge is 0.283 e. The molecule has 2 aliphatic heterocycles. The number of amides is 1. The SMILES string of the molecule is CCOc1cc(/C=C2/C(=N)N3N=C(CC)SC3=NC2=O)cc(Cl)c1OCCOCCOc1ccccc1C. The van der Waals surface area contributed by atoms with E-state index in [1.165, 1.54) is 16.8 Å². The Morgan fingerprint density at radius 1 is 1.05 bits per heavy atom. The Bertz CT molecular complexity index is 1310. The predicted molar refractivity (Wildman–Crippen MR) is 151 cm³/mol. The van der Waals surface area contributed by atoms with Gasteiger partial charge >= 0.3 is 0 Å². The second-order valence-corrected chi connectivity index (χ2v) is 9.65. The Labute approximate surface area is 231 Å². The van der Waals surface area contributed by atoms with Gasteiger partial charge in [-0.05, 0) is 67.4 Å². The van der Waals surface area contributed by atoms with Gasteiger partial charge in [0.25, 0.3) is 5.91 Å². The fraction of sp³-hybridized carbons (Fsp3) is 0.333. The summed E-state index contributed by atoms with van der Waals surface area (Å²) >= 11 is 7.84. The number of aryl methyl sites for hydroxylation is 1. The molecule has 200 valence electrons. The van der Waals surface area contributed by atoms with Crippen molar-refractivity contribution < 1.29 is 23.7 Å². The molecule has 1 amide bonds. The standard InChI is InChI=1S/C27H29ClN4O5S/c1-4-23-31-32-25(29)19(26(33)30-27(32)38-23)14-18-15-20(28)24(22(16-18)35-5-2)37-13-11-34-10-12-36-21-9-7-6-8-17(21)3/h6-9,14-16,29H,4-5,10-13H2,1-3H3/b19-14-,29-25?. The van der Waals surface area contributed by atoms with Crippen LogP contribution in [0.15, 0.2) is 52.1 Å². The van der Waals surface area contributed by atoms with Crippen molar-refractivity contribution in [2.45, 2.75) is 27.2 Å². The maximum absolute atomic E-state index is 12.7. The molecule has 0 fully saturated rings. The Morgan fingerprint density at radius 2 is 1.82 bits per heavy atom. The molecule has 0 bridgehead atoms. The normalized spacial score (nSPS) is 15.9. The van der Waals surface area contributed by atoms with Gasteiger partial charge in [-0.25, -0.2) is 0 Å². The number of ether oxygens (including phenoxy) is 4. The molecular weight excluding hydrogens is 528 g/mol. The molecule has 0 spiro atoms. The number of rotatable bonds is 12. The lowest BCUT2D eigenvalue weighted by Gasteiger charge is -2.20. The van der Waals surface area contributed by atoms with E-state index in [0.29, 0.717) is 60.1 Å². The van der Waals surface area contributed by atoms with Crippen molar-refractivity contribution in [3.63, 3.8) is 0 Å². The average molecular weight is 557 g/mol. The summed E-state index contributed by atoms with van der Waals surface area (Å²) < 4.78 is 23.0. The molecule has 38 heavy (non-hydrogen) atoms. The highest BCUT2D eigenvalue weighted by Gasteiger charge is 2.35. The highest BCUT2D eigenvalue weighted by atomic mass is 35.5. The summed E-state index contributed by atoms with van der Waals surface area (Å²) in [6, 6.07) is 11.2. The third-order valence-electron chi connectivity index (χ3n) is 5.49. The number of benzene rings is 2. The van der Waals surface area contributed by atoms with Gasteiger partial charge < -0.3 is 18.9 Å². The molecule has 2 aromatic carbocycles. The van der Waals surface area contributed by atoms with Crippen molar-refractivity contribution in [3.05, 3.63) is 58.1 Å². The number of nitrogens with one attached hydrogen (secondary N) is 1. The lowest BCUT2D eigenvalue weighted by atomic mass is 10.1. The fourth-order valence-corrected chi connectivity index (χ4v) is 4.75. The number of hydrogen-bond acceptors (Lipinski definition) is 8. The quantitative estimate of drug-likeness (QED) is 0.270. The Kier molecular flexibility index (Phi) is 9.43. The van der Waals surface area contributed by atoms with E-state index in [2.05, 4.69) is 10.1 Å². The van der Waals surface area contributed by atoms with E-state index in [4.69, 9.17) is 36.0 Å². The zero-order chi connectivity index (χ0) is 27.1. The minimum atomic E-state index is -0.501. The summed E-state index contributed by atoms with van der Waals surface area (Å²) in [5.74, 6) is 1.12. The van der Waals surface area contributed by atoms with Crippen molar-refractivity contribution in [2.24, 2.45) is 10.1 Å². The topological polar surface area (TPSA) is 106 Å². The summed E-state index contributed by atoms with van der Waals surface area (Å²) in [6.45, 7) is 7.64. The van der Waals surface area contributed by atoms with Crippen LogP contribution < -0.4 is 14.2 Å². The average Bonchev–Trinajstić information content (AvgIpc) is 3.31. The molecule has 9 nitrogen and oxygen atoms in total. The largest absolute Gasteiger partial charge is 0.491 e. The minimum Gasteiger partial charge on any atom is -0.491 e. The number of aliphatic imine (C=N–C) groups is 1. The molecule has 2 aliphatic rings. The molecule has 0 aromatic heterocycles. The number of fused-ring (bicyclic) bond motifs is 1. The van der Waals surface area contributed by atoms with Crippen molar-refractivity contribution in [1.82, 2.24) is 5.01 Å². The molecule has 4 rings (SSSR count). The van der Waals surface area contributed by atoms with Crippen LogP contribution in [0.3, 0.4) is 0 Å². The van der Waals surface area contributed by atoms with Crippen LogP contribution in [0.1, 0.15) is 31.4 Å². The van der Waals surface area contributed by atoms with Crippen LogP contribution in [0.25, 0.3) is 6.08 Å². The van der Waals surface area contributed by atoms with Gasteiger partial charge in [0, 0.05) is 0 Å². The summed E-state index contributed by atoms with van der Waals surface area (Å²) in [7, 11) is 0. The summed E-state index contributed by atoms with van der Waals surface area (Å²) in [4.78, 5) is 16.7. The predicted octanol–water partition coefficient (Wildman–Crippen LogP) is 5.55. The van der Waals surface area contributed by atoms with E-state index < -0.39 is 5.91 Å². The molecule has 11 heteroatoms. The van der Waals surface area contributed by atoms with Gasteiger partial charge in [0.15, 0.2) is 17.3 Å². The number of thioether (sulfide) groups is 1. The third-order valence-corrected chi connectivity index (χ3v) is 6.83. The Hall–Kier alpha value is -3.34. The lowest BCUT2D eigenvalue weighted by molar-refractivity contribution is -0.114. The number of hydrogen-bond donors (Lipinski definition) is 1. The van der Waals surface area contributed by atoms with E-state index in [1.54, 1.807) is 18.2 Å². The second kappa shape index (κ2) is 12.9. The van der Waals surface area contributed by atoms with Gasteiger partial charge in [-0.15, -0.1) is 0 Å². The number of halogens is 1. The van der Waals surface area contributed by atoms with Gasteiger partial charge in [-0.3, -0.25) is 10.2 Å². The van der Waals surface area contributed by atoms with Crippen LogP contribution in [-0.4, -0.2) is 60.0 Å². The minimum absolute atomic E-state index is 0.0334. The molecule has 0 saturated carbocycles. The maximum Gasteiger partial charge on any atom is 0.283 e. The number of nitrogens with zero attached hydrogens (tertiary/aromatic N) is 3. The number of amidine groups is 2. The third kappa shape index (κ3) is 6.56. The molecule has 0 saturated heterocycles. The van der Waals surface area contributed by atoms with E-state index in [0.717, 1.165) is 16.4 Å². The molecule has 1 N–H and O–H groups in total. The molecule has 2 aromatic rings. The molecule has 0 radical (unpaired) electrons. The van der Waals surface area contributed by atoms with Gasteiger partial charge in [0.1, 0.15) is 24.0 Å². The maximum atomic E-state index is 12.7. The monoisotopic (exact) mass is 556 g/mol. The molecule has 0 unspecified atom stereocenters. The zero-order valence-corrected chi connectivity index (χ0v) is 23.0. The van der Waals surface area contributed by atoms with Gasteiger partial charge in [-0.2, -0.15) is 15.1 Å². The van der Waals surface area contributed by atoms with E-state index in [-0.39, 0.29) is 18.0 Å². The van der Waals surface area contributed by atoms with Crippen LogP contribution in [0, 0.1) is 12.3 Å². The van der Waals surface area contributed by atoms with E-state index in [9.17, 15) is 4.79 Å². The summed E-state index contributed by atoms with van der Waals surface area (Å²) in [5, 5.41) is 15.8.